The Morgan fingerprint density at radius 2 is 1.95 bits per heavy atom. The second kappa shape index (κ2) is 7.63. The molecule has 1 fully saturated rings. The third kappa shape index (κ3) is 5.02. The molecule has 0 bridgehead atoms. The van der Waals surface area contributed by atoms with Crippen molar-refractivity contribution in [3.05, 3.63) is 29.8 Å². The zero-order valence-electron chi connectivity index (χ0n) is 12.9. The number of sulfone groups is 1. The summed E-state index contributed by atoms with van der Waals surface area (Å²) in [6, 6.07) is 7.67. The normalized spacial score (nSPS) is 17.9. The summed E-state index contributed by atoms with van der Waals surface area (Å²) < 4.78 is 28.0. The van der Waals surface area contributed by atoms with E-state index < -0.39 is 9.84 Å². The van der Waals surface area contributed by atoms with Crippen LogP contribution in [0.5, 0.6) is 5.75 Å². The number of methoxy groups -OCH3 is 1. The van der Waals surface area contributed by atoms with Crippen molar-refractivity contribution >= 4 is 15.7 Å². The topological polar surface area (TPSA) is 72.5 Å². The predicted octanol–water partition coefficient (Wildman–Crippen LogP) is 1.57. The average molecular weight is 325 g/mol. The van der Waals surface area contributed by atoms with Crippen molar-refractivity contribution in [2.45, 2.75) is 25.7 Å². The Morgan fingerprint density at radius 1 is 1.27 bits per heavy atom. The molecule has 0 radical (unpaired) electrons. The molecule has 1 aliphatic heterocycles. The van der Waals surface area contributed by atoms with E-state index in [4.69, 9.17) is 4.74 Å². The summed E-state index contributed by atoms with van der Waals surface area (Å²) in [6.45, 7) is 0.570. The minimum absolute atomic E-state index is 0.000614. The quantitative estimate of drug-likeness (QED) is 0.862. The van der Waals surface area contributed by atoms with Crippen LogP contribution in [0, 0.1) is 5.92 Å². The first-order valence-corrected chi connectivity index (χ1v) is 9.41. The maximum atomic E-state index is 11.9. The van der Waals surface area contributed by atoms with Gasteiger partial charge in [-0.3, -0.25) is 4.79 Å². The van der Waals surface area contributed by atoms with Crippen LogP contribution in [0.15, 0.2) is 24.3 Å². The van der Waals surface area contributed by atoms with E-state index in [1.165, 1.54) is 0 Å². The molecule has 2 rings (SSSR count). The summed E-state index contributed by atoms with van der Waals surface area (Å²) >= 11 is 0. The summed E-state index contributed by atoms with van der Waals surface area (Å²) in [5, 5.41) is 2.91. The molecule has 1 aliphatic rings. The van der Waals surface area contributed by atoms with Crippen LogP contribution in [0.1, 0.15) is 24.8 Å². The molecule has 122 valence electrons. The molecule has 1 heterocycles. The number of carbonyl (C=O) groups is 1. The molecule has 0 spiro atoms. The molecule has 6 heteroatoms. The van der Waals surface area contributed by atoms with Crippen molar-refractivity contribution in [3.63, 3.8) is 0 Å². The van der Waals surface area contributed by atoms with Gasteiger partial charge in [0.05, 0.1) is 18.6 Å². The highest BCUT2D eigenvalue weighted by molar-refractivity contribution is 7.91. The first-order valence-electron chi connectivity index (χ1n) is 7.59. The van der Waals surface area contributed by atoms with Gasteiger partial charge in [-0.1, -0.05) is 18.2 Å². The number of carbonyl (C=O) groups excluding carboxylic acids is 1. The fourth-order valence-corrected chi connectivity index (χ4v) is 4.24. The fourth-order valence-electron chi connectivity index (χ4n) is 2.65. The van der Waals surface area contributed by atoms with Crippen molar-refractivity contribution < 1.29 is 17.9 Å². The van der Waals surface area contributed by atoms with Gasteiger partial charge in [0.15, 0.2) is 0 Å². The summed E-state index contributed by atoms with van der Waals surface area (Å²) in [5.41, 5.74) is 1.02. The molecule has 1 saturated heterocycles. The Labute approximate surface area is 132 Å². The number of amides is 1. The van der Waals surface area contributed by atoms with Gasteiger partial charge in [0.25, 0.3) is 0 Å². The lowest BCUT2D eigenvalue weighted by Gasteiger charge is -2.22. The van der Waals surface area contributed by atoms with E-state index in [1.54, 1.807) is 7.11 Å². The van der Waals surface area contributed by atoms with E-state index >= 15 is 0 Å². The summed E-state index contributed by atoms with van der Waals surface area (Å²) in [4.78, 5) is 11.9. The summed E-state index contributed by atoms with van der Waals surface area (Å²) in [6.07, 6.45) is 2.34. The smallest absolute Gasteiger partial charge is 0.220 e. The van der Waals surface area contributed by atoms with Gasteiger partial charge in [0.1, 0.15) is 15.6 Å². The molecule has 0 unspecified atom stereocenters. The Hall–Kier alpha value is -1.56. The highest BCUT2D eigenvalue weighted by atomic mass is 32.2. The molecule has 1 aromatic carbocycles. The summed E-state index contributed by atoms with van der Waals surface area (Å²) in [5.74, 6) is 1.56. The van der Waals surface area contributed by atoms with Gasteiger partial charge in [-0.15, -0.1) is 0 Å². The first-order chi connectivity index (χ1) is 10.5. The Balaban J connectivity index is 1.72. The minimum atomic E-state index is -2.83. The molecule has 0 aliphatic carbocycles. The molecule has 0 aromatic heterocycles. The molecule has 22 heavy (non-hydrogen) atoms. The highest BCUT2D eigenvalue weighted by Crippen LogP contribution is 2.19. The Morgan fingerprint density at radius 3 is 2.64 bits per heavy atom. The van der Waals surface area contributed by atoms with Crippen LogP contribution in [-0.2, 0) is 21.1 Å². The number of para-hydroxylation sites is 1. The van der Waals surface area contributed by atoms with Crippen LogP contribution in [0.3, 0.4) is 0 Å². The largest absolute Gasteiger partial charge is 0.496 e. The number of rotatable bonds is 6. The van der Waals surface area contributed by atoms with Crippen LogP contribution in [-0.4, -0.2) is 39.5 Å². The zero-order valence-corrected chi connectivity index (χ0v) is 13.7. The SMILES string of the molecule is COc1ccccc1CCC(=O)NCC1CCS(=O)(=O)CC1. The molecule has 5 nitrogen and oxygen atoms in total. The number of hydrogen-bond donors (Lipinski definition) is 1. The van der Waals surface area contributed by atoms with Gasteiger partial charge in [0.2, 0.25) is 5.91 Å². The first kappa shape index (κ1) is 16.8. The lowest BCUT2D eigenvalue weighted by atomic mass is 10.0. The minimum Gasteiger partial charge on any atom is -0.496 e. The predicted molar refractivity (Wildman–Crippen MR) is 85.7 cm³/mol. The molecule has 1 amide bonds. The van der Waals surface area contributed by atoms with Crippen molar-refractivity contribution in [1.82, 2.24) is 5.32 Å². The van der Waals surface area contributed by atoms with E-state index in [-0.39, 0.29) is 23.3 Å². The van der Waals surface area contributed by atoms with E-state index in [0.717, 1.165) is 11.3 Å². The molecular formula is C16H23NO4S. The van der Waals surface area contributed by atoms with Crippen LogP contribution >= 0.6 is 0 Å². The Kier molecular flexibility index (Phi) is 5.83. The van der Waals surface area contributed by atoms with Crippen LogP contribution < -0.4 is 10.1 Å². The molecule has 1 aromatic rings. The van der Waals surface area contributed by atoms with Crippen LogP contribution in [0.4, 0.5) is 0 Å². The second-order valence-electron chi connectivity index (χ2n) is 5.71. The fraction of sp³-hybridized carbons (Fsp3) is 0.562. The molecule has 0 saturated carbocycles. The molecule has 0 atom stereocenters. The van der Waals surface area contributed by atoms with Gasteiger partial charge in [-0.05, 0) is 36.8 Å². The van der Waals surface area contributed by atoms with Crippen molar-refractivity contribution in [3.8, 4) is 5.75 Å². The molecule has 1 N–H and O–H groups in total. The number of benzene rings is 1. The zero-order chi connectivity index (χ0) is 16.0. The van der Waals surface area contributed by atoms with Crippen molar-refractivity contribution in [2.75, 3.05) is 25.2 Å². The maximum absolute atomic E-state index is 11.9. The van der Waals surface area contributed by atoms with Gasteiger partial charge in [-0.2, -0.15) is 0 Å². The third-order valence-electron chi connectivity index (χ3n) is 4.08. The van der Waals surface area contributed by atoms with Crippen LogP contribution in [0.2, 0.25) is 0 Å². The number of nitrogens with one attached hydrogen (secondary N) is 1. The lowest BCUT2D eigenvalue weighted by Crippen LogP contribution is -2.34. The lowest BCUT2D eigenvalue weighted by molar-refractivity contribution is -0.121. The Bertz CT molecular complexity index is 598. The van der Waals surface area contributed by atoms with Crippen molar-refractivity contribution in [2.24, 2.45) is 5.92 Å². The highest BCUT2D eigenvalue weighted by Gasteiger charge is 2.23. The van der Waals surface area contributed by atoms with Gasteiger partial charge in [-0.25, -0.2) is 8.42 Å². The van der Waals surface area contributed by atoms with Crippen molar-refractivity contribution in [1.29, 1.82) is 0 Å². The molecular weight excluding hydrogens is 302 g/mol. The number of aryl methyl sites for hydroxylation is 1. The summed E-state index contributed by atoms with van der Waals surface area (Å²) in [7, 11) is -1.21. The van der Waals surface area contributed by atoms with Crippen LogP contribution in [0.25, 0.3) is 0 Å². The van der Waals surface area contributed by atoms with E-state index in [2.05, 4.69) is 5.32 Å². The van der Waals surface area contributed by atoms with Gasteiger partial charge in [0, 0.05) is 13.0 Å². The third-order valence-corrected chi connectivity index (χ3v) is 5.79. The van der Waals surface area contributed by atoms with E-state index in [0.29, 0.717) is 32.2 Å². The van der Waals surface area contributed by atoms with Gasteiger partial charge < -0.3 is 10.1 Å². The monoisotopic (exact) mass is 325 g/mol. The average Bonchev–Trinajstić information content (AvgIpc) is 2.52. The van der Waals surface area contributed by atoms with E-state index in [1.807, 2.05) is 24.3 Å². The number of ether oxygens (including phenoxy) is 1. The van der Waals surface area contributed by atoms with Gasteiger partial charge >= 0.3 is 0 Å². The standard InChI is InChI=1S/C16H23NO4S/c1-21-15-5-3-2-4-14(15)6-7-16(18)17-12-13-8-10-22(19,20)11-9-13/h2-5,13H,6-12H2,1H3,(H,17,18). The van der Waals surface area contributed by atoms with E-state index in [9.17, 15) is 13.2 Å². The number of hydrogen-bond acceptors (Lipinski definition) is 4. The maximum Gasteiger partial charge on any atom is 0.220 e. The second-order valence-corrected chi connectivity index (χ2v) is 8.01.